The Morgan fingerprint density at radius 2 is 1.59 bits per heavy atom. The Morgan fingerprint density at radius 3 is 2.50 bits per heavy atom. The fourth-order valence-corrected chi connectivity index (χ4v) is 2.95. The van der Waals surface area contributed by atoms with Gasteiger partial charge in [-0.1, -0.05) is 72.8 Å². The Morgan fingerprint density at radius 1 is 0.818 bits per heavy atom. The van der Waals surface area contributed by atoms with Gasteiger partial charge < -0.3 is 0 Å². The van der Waals surface area contributed by atoms with Crippen molar-refractivity contribution in [2.24, 2.45) is 0 Å². The molecule has 1 aliphatic heterocycles. The van der Waals surface area contributed by atoms with Crippen molar-refractivity contribution in [1.29, 1.82) is 0 Å². The van der Waals surface area contributed by atoms with E-state index in [0.717, 1.165) is 12.1 Å². The summed E-state index contributed by atoms with van der Waals surface area (Å²) in [7, 11) is 0. The minimum atomic E-state index is 0.0661. The highest BCUT2D eigenvalue weighted by Gasteiger charge is 2.19. The molecule has 0 saturated carbocycles. The molecule has 0 bridgehead atoms. The molecule has 0 fully saturated rings. The zero-order valence-corrected chi connectivity index (χ0v) is 12.2. The largest absolute Gasteiger partial charge is 0.268 e. The van der Waals surface area contributed by atoms with Crippen LogP contribution in [0.3, 0.4) is 0 Å². The van der Waals surface area contributed by atoms with Crippen LogP contribution in [0.5, 0.6) is 0 Å². The molecule has 3 aromatic carbocycles. The third kappa shape index (κ3) is 2.49. The van der Waals surface area contributed by atoms with Gasteiger partial charge in [0, 0.05) is 12.0 Å². The van der Waals surface area contributed by atoms with Gasteiger partial charge >= 0.3 is 0 Å². The number of benzene rings is 3. The Bertz CT molecular complexity index is 818. The number of hydrogen-bond donors (Lipinski definition) is 1. The Hall–Kier alpha value is -2.58. The van der Waals surface area contributed by atoms with Crippen LogP contribution in [0.25, 0.3) is 16.5 Å². The van der Waals surface area contributed by atoms with E-state index in [1.807, 2.05) is 6.07 Å². The molecule has 22 heavy (non-hydrogen) atoms. The van der Waals surface area contributed by atoms with E-state index in [1.165, 1.54) is 21.9 Å². The molecule has 0 saturated heterocycles. The van der Waals surface area contributed by atoms with Gasteiger partial charge in [0.05, 0.1) is 5.70 Å². The van der Waals surface area contributed by atoms with Crippen LogP contribution in [0.15, 0.2) is 78.9 Å². The molecule has 0 aliphatic carbocycles. The second kappa shape index (κ2) is 5.66. The molecule has 4 rings (SSSR count). The molecule has 0 aromatic heterocycles. The monoisotopic (exact) mass is 287 g/mol. The molecule has 1 aliphatic rings. The summed E-state index contributed by atoms with van der Waals surface area (Å²) in [5.74, 6) is 0. The van der Waals surface area contributed by atoms with Gasteiger partial charge in [0.2, 0.25) is 0 Å². The summed E-state index contributed by atoms with van der Waals surface area (Å²) in [6, 6.07) is 25.2. The second-order valence-electron chi connectivity index (χ2n) is 5.56. The molecule has 0 spiro atoms. The molecule has 3 aromatic rings. The van der Waals surface area contributed by atoms with E-state index >= 15 is 0 Å². The average Bonchev–Trinajstić information content (AvgIpc) is 3.03. The minimum Gasteiger partial charge on any atom is -0.268 e. The number of fused-ring (bicyclic) bond motifs is 1. The maximum absolute atomic E-state index is 5.73. The van der Waals surface area contributed by atoms with Gasteiger partial charge in [0.15, 0.2) is 0 Å². The normalized spacial score (nSPS) is 17.3. The molecule has 2 nitrogen and oxygen atoms in total. The predicted molar refractivity (Wildman–Crippen MR) is 90.1 cm³/mol. The van der Waals surface area contributed by atoms with E-state index in [9.17, 15) is 0 Å². The van der Waals surface area contributed by atoms with Crippen molar-refractivity contribution in [3.05, 3.63) is 90.0 Å². The first-order valence-electron chi connectivity index (χ1n) is 7.56. The minimum absolute atomic E-state index is 0.0661. The lowest BCUT2D eigenvalue weighted by Gasteiger charge is -2.08. The lowest BCUT2D eigenvalue weighted by molar-refractivity contribution is 0.0520. The number of hydroxylamine groups is 1. The van der Waals surface area contributed by atoms with Crippen LogP contribution in [0.4, 0.5) is 0 Å². The molecule has 1 atom stereocenters. The van der Waals surface area contributed by atoms with Crippen LogP contribution in [0.2, 0.25) is 0 Å². The molecule has 1 unspecified atom stereocenters. The van der Waals surface area contributed by atoms with Gasteiger partial charge in [0.1, 0.15) is 6.10 Å². The van der Waals surface area contributed by atoms with Crippen molar-refractivity contribution in [3.8, 4) is 0 Å². The van der Waals surface area contributed by atoms with Crippen molar-refractivity contribution < 1.29 is 4.84 Å². The highest BCUT2D eigenvalue weighted by molar-refractivity contribution is 5.93. The van der Waals surface area contributed by atoms with E-state index in [4.69, 9.17) is 4.84 Å². The second-order valence-corrected chi connectivity index (χ2v) is 5.56. The topological polar surface area (TPSA) is 21.3 Å². The molecule has 0 radical (unpaired) electrons. The molecule has 2 heteroatoms. The molecule has 1 heterocycles. The lowest BCUT2D eigenvalue weighted by atomic mass is 10.0. The Labute approximate surface area is 130 Å². The van der Waals surface area contributed by atoms with Gasteiger partial charge in [0.25, 0.3) is 0 Å². The van der Waals surface area contributed by atoms with E-state index in [1.54, 1.807) is 0 Å². The Kier molecular flexibility index (Phi) is 3.37. The number of nitrogens with one attached hydrogen (secondary N) is 1. The van der Waals surface area contributed by atoms with Crippen LogP contribution in [-0.4, -0.2) is 6.10 Å². The third-order valence-corrected chi connectivity index (χ3v) is 4.03. The standard InChI is InChI=1S/C20H17NO/c1-2-7-15(8-3-1)13-17-14-20(21-22-17)19-12-6-10-16-9-4-5-11-18(16)19/h1-12,14,17,21H,13H2. The van der Waals surface area contributed by atoms with Gasteiger partial charge in [-0.05, 0) is 22.4 Å². The molecular weight excluding hydrogens is 270 g/mol. The van der Waals surface area contributed by atoms with Crippen molar-refractivity contribution in [3.63, 3.8) is 0 Å². The lowest BCUT2D eigenvalue weighted by Crippen LogP contribution is -2.14. The number of hydrogen-bond acceptors (Lipinski definition) is 2. The maximum Gasteiger partial charge on any atom is 0.110 e. The summed E-state index contributed by atoms with van der Waals surface area (Å²) in [5.41, 5.74) is 6.62. The zero-order valence-electron chi connectivity index (χ0n) is 12.2. The maximum atomic E-state index is 5.73. The molecule has 1 N–H and O–H groups in total. The summed E-state index contributed by atoms with van der Waals surface area (Å²) in [6.45, 7) is 0. The van der Waals surface area contributed by atoms with Gasteiger partial charge in [-0.2, -0.15) is 0 Å². The quantitative estimate of drug-likeness (QED) is 0.774. The van der Waals surface area contributed by atoms with Gasteiger partial charge in [-0.15, -0.1) is 0 Å². The highest BCUT2D eigenvalue weighted by Crippen LogP contribution is 2.27. The molecular formula is C20H17NO. The fraction of sp³-hybridized carbons (Fsp3) is 0.100. The first-order valence-corrected chi connectivity index (χ1v) is 7.56. The first kappa shape index (κ1) is 13.1. The summed E-state index contributed by atoms with van der Waals surface area (Å²) in [5, 5.41) is 2.49. The van der Waals surface area contributed by atoms with Crippen molar-refractivity contribution in [2.75, 3.05) is 0 Å². The van der Waals surface area contributed by atoms with E-state index in [2.05, 4.69) is 78.3 Å². The SMILES string of the molecule is C1=C(c2cccc3ccccc23)NOC1Cc1ccccc1. The summed E-state index contributed by atoms with van der Waals surface area (Å²) < 4.78 is 0. The number of rotatable bonds is 3. The summed E-state index contributed by atoms with van der Waals surface area (Å²) in [6.07, 6.45) is 3.12. The average molecular weight is 287 g/mol. The molecule has 0 amide bonds. The van der Waals surface area contributed by atoms with E-state index in [-0.39, 0.29) is 6.10 Å². The summed E-state index contributed by atoms with van der Waals surface area (Å²) >= 11 is 0. The van der Waals surface area contributed by atoms with E-state index in [0.29, 0.717) is 0 Å². The van der Waals surface area contributed by atoms with Crippen LogP contribution in [0.1, 0.15) is 11.1 Å². The predicted octanol–water partition coefficient (Wildman–Crippen LogP) is 4.33. The van der Waals surface area contributed by atoms with E-state index < -0.39 is 0 Å². The van der Waals surface area contributed by atoms with Crippen molar-refractivity contribution in [2.45, 2.75) is 12.5 Å². The van der Waals surface area contributed by atoms with Gasteiger partial charge in [-0.25, -0.2) is 0 Å². The van der Waals surface area contributed by atoms with Crippen LogP contribution >= 0.6 is 0 Å². The first-order chi connectivity index (χ1) is 10.9. The van der Waals surface area contributed by atoms with Crippen LogP contribution in [-0.2, 0) is 11.3 Å². The van der Waals surface area contributed by atoms with Crippen molar-refractivity contribution >= 4 is 16.5 Å². The smallest absolute Gasteiger partial charge is 0.110 e. The molecule has 108 valence electrons. The summed E-state index contributed by atoms with van der Waals surface area (Å²) in [4.78, 5) is 5.73. The highest BCUT2D eigenvalue weighted by atomic mass is 16.7. The van der Waals surface area contributed by atoms with Crippen molar-refractivity contribution in [1.82, 2.24) is 5.48 Å². The van der Waals surface area contributed by atoms with Crippen LogP contribution < -0.4 is 5.48 Å². The fourth-order valence-electron chi connectivity index (χ4n) is 2.95. The Balaban J connectivity index is 1.64. The third-order valence-electron chi connectivity index (χ3n) is 4.03. The zero-order chi connectivity index (χ0) is 14.8. The van der Waals surface area contributed by atoms with Gasteiger partial charge in [-0.3, -0.25) is 10.3 Å². The van der Waals surface area contributed by atoms with Crippen LogP contribution in [0, 0.1) is 0 Å².